The molecule has 158 valence electrons. The summed E-state index contributed by atoms with van der Waals surface area (Å²) in [5.41, 5.74) is 14.0. The minimum atomic E-state index is -0.0402. The molecule has 0 aromatic heterocycles. The van der Waals surface area contributed by atoms with Gasteiger partial charge in [0, 0.05) is 5.54 Å². The Morgan fingerprint density at radius 2 is 0.923 bits per heavy atom. The predicted molar refractivity (Wildman–Crippen MR) is 120 cm³/mol. The van der Waals surface area contributed by atoms with E-state index in [1.54, 1.807) is 0 Å². The van der Waals surface area contributed by atoms with Gasteiger partial charge in [-0.1, -0.05) is 80.1 Å². The van der Waals surface area contributed by atoms with Crippen LogP contribution in [0.25, 0.3) is 0 Å². The molecule has 26 heavy (non-hydrogen) atoms. The van der Waals surface area contributed by atoms with Crippen LogP contribution < -0.4 is 11.5 Å². The predicted octanol–water partition coefficient (Wildman–Crippen LogP) is 7.20. The monoisotopic (exact) mass is 368 g/mol. The summed E-state index contributed by atoms with van der Waals surface area (Å²) in [7, 11) is 0. The second-order valence-electron chi connectivity index (χ2n) is 8.91. The van der Waals surface area contributed by atoms with E-state index in [1.165, 1.54) is 83.5 Å². The molecule has 0 bridgehead atoms. The number of hydrogen-bond donors (Lipinski definition) is 2. The van der Waals surface area contributed by atoms with E-state index in [-0.39, 0.29) is 11.0 Å². The molecule has 0 aromatic carbocycles. The molecular formula is C24H52N2. The number of rotatable bonds is 17. The van der Waals surface area contributed by atoms with Gasteiger partial charge in [-0.25, -0.2) is 0 Å². The lowest BCUT2D eigenvalue weighted by atomic mass is 9.45. The van der Waals surface area contributed by atoms with Crippen molar-refractivity contribution in [1.82, 2.24) is 0 Å². The molecule has 4 N–H and O–H groups in total. The summed E-state index contributed by atoms with van der Waals surface area (Å²) < 4.78 is 0. The van der Waals surface area contributed by atoms with Crippen LogP contribution >= 0.6 is 0 Å². The van der Waals surface area contributed by atoms with E-state index in [4.69, 9.17) is 11.5 Å². The third kappa shape index (κ3) is 5.71. The fourth-order valence-electron chi connectivity index (χ4n) is 6.52. The third-order valence-corrected chi connectivity index (χ3v) is 7.03. The van der Waals surface area contributed by atoms with Gasteiger partial charge in [-0.3, -0.25) is 0 Å². The van der Waals surface area contributed by atoms with Crippen molar-refractivity contribution < 1.29 is 0 Å². The average molecular weight is 369 g/mol. The molecule has 0 saturated carbocycles. The van der Waals surface area contributed by atoms with Crippen molar-refractivity contribution in [3.05, 3.63) is 0 Å². The molecule has 0 saturated heterocycles. The van der Waals surface area contributed by atoms with Crippen molar-refractivity contribution in [2.75, 3.05) is 6.54 Å². The molecule has 2 heteroatoms. The lowest BCUT2D eigenvalue weighted by molar-refractivity contribution is -0.0855. The fraction of sp³-hybridized carbons (Fsp3) is 1.00. The van der Waals surface area contributed by atoms with Gasteiger partial charge in [0.05, 0.1) is 0 Å². The maximum Gasteiger partial charge on any atom is 0.0216 e. The van der Waals surface area contributed by atoms with Crippen LogP contribution in [0.1, 0.15) is 131 Å². The first-order valence-electron chi connectivity index (χ1n) is 11.9. The average Bonchev–Trinajstić information content (AvgIpc) is 2.60. The van der Waals surface area contributed by atoms with Gasteiger partial charge in [0.1, 0.15) is 0 Å². The van der Waals surface area contributed by atoms with Crippen molar-refractivity contribution in [3.63, 3.8) is 0 Å². The van der Waals surface area contributed by atoms with Crippen LogP contribution in [-0.2, 0) is 0 Å². The van der Waals surface area contributed by atoms with Crippen LogP contribution in [0.2, 0.25) is 0 Å². The molecule has 0 rings (SSSR count). The van der Waals surface area contributed by atoms with Crippen molar-refractivity contribution in [2.24, 2.45) is 22.3 Å². The highest BCUT2D eigenvalue weighted by atomic mass is 14.8. The largest absolute Gasteiger partial charge is 0.330 e. The van der Waals surface area contributed by atoms with Crippen LogP contribution in [0.5, 0.6) is 0 Å². The maximum atomic E-state index is 7.46. The summed E-state index contributed by atoms with van der Waals surface area (Å²) in [6, 6.07) is 0. The highest BCUT2D eigenvalue weighted by Crippen LogP contribution is 2.61. The van der Waals surface area contributed by atoms with Crippen LogP contribution in [0.3, 0.4) is 0 Å². The van der Waals surface area contributed by atoms with E-state index >= 15 is 0 Å². The molecule has 0 aliphatic heterocycles. The van der Waals surface area contributed by atoms with Gasteiger partial charge in [0.2, 0.25) is 0 Å². The first-order valence-corrected chi connectivity index (χ1v) is 11.9. The highest BCUT2D eigenvalue weighted by molar-refractivity contribution is 5.11. The summed E-state index contributed by atoms with van der Waals surface area (Å²) in [5, 5.41) is 0. The Bertz CT molecular complexity index is 319. The fourth-order valence-corrected chi connectivity index (χ4v) is 6.52. The van der Waals surface area contributed by atoms with Crippen molar-refractivity contribution in [1.29, 1.82) is 0 Å². The van der Waals surface area contributed by atoms with E-state index in [0.717, 1.165) is 13.0 Å². The minimum absolute atomic E-state index is 0.0402. The second kappa shape index (κ2) is 13.2. The zero-order valence-electron chi connectivity index (χ0n) is 19.3. The molecule has 0 aliphatic rings. The Labute approximate surface area is 166 Å². The molecule has 0 heterocycles. The summed E-state index contributed by atoms with van der Waals surface area (Å²) in [5.74, 6) is 0. The normalized spacial score (nSPS) is 13.4. The van der Waals surface area contributed by atoms with E-state index in [2.05, 4.69) is 41.5 Å². The maximum absolute atomic E-state index is 7.46. The summed E-state index contributed by atoms with van der Waals surface area (Å²) in [6.45, 7) is 14.9. The molecule has 2 nitrogen and oxygen atoms in total. The number of nitrogens with two attached hydrogens (primary N) is 2. The Balaban J connectivity index is 6.55. The standard InChI is InChI=1S/C24H52N2/c1-7-14-22(15-8-2,20-13-21-25)23(16-9-3,17-10-4)24(26,18-11-5)19-12-6/h7-21,25-26H2,1-6H3. The van der Waals surface area contributed by atoms with E-state index in [9.17, 15) is 0 Å². The Morgan fingerprint density at radius 1 is 0.538 bits per heavy atom. The van der Waals surface area contributed by atoms with Crippen molar-refractivity contribution in [2.45, 2.75) is 137 Å². The highest BCUT2D eigenvalue weighted by Gasteiger charge is 2.57. The molecule has 0 spiro atoms. The van der Waals surface area contributed by atoms with Gasteiger partial charge in [0.15, 0.2) is 0 Å². The van der Waals surface area contributed by atoms with Crippen LogP contribution in [-0.4, -0.2) is 12.1 Å². The van der Waals surface area contributed by atoms with Crippen LogP contribution in [0, 0.1) is 10.8 Å². The summed E-state index contributed by atoms with van der Waals surface area (Å²) in [4.78, 5) is 0. The lowest BCUT2D eigenvalue weighted by Gasteiger charge is -2.61. The van der Waals surface area contributed by atoms with Gasteiger partial charge in [-0.2, -0.15) is 0 Å². The molecule has 0 radical (unpaired) electrons. The van der Waals surface area contributed by atoms with Gasteiger partial charge in [-0.05, 0) is 68.7 Å². The zero-order chi connectivity index (χ0) is 20.1. The first kappa shape index (κ1) is 25.9. The Kier molecular flexibility index (Phi) is 13.1. The number of hydrogen-bond acceptors (Lipinski definition) is 2. The molecule has 0 fully saturated rings. The lowest BCUT2D eigenvalue weighted by Crippen LogP contribution is -2.63. The van der Waals surface area contributed by atoms with Crippen molar-refractivity contribution >= 4 is 0 Å². The summed E-state index contributed by atoms with van der Waals surface area (Å²) in [6.07, 6.45) is 17.3. The molecule has 0 aromatic rings. The first-order chi connectivity index (χ1) is 12.4. The topological polar surface area (TPSA) is 52.0 Å². The Hall–Kier alpha value is -0.0800. The van der Waals surface area contributed by atoms with E-state index in [1.807, 2.05) is 0 Å². The van der Waals surface area contributed by atoms with Gasteiger partial charge in [0.25, 0.3) is 0 Å². The molecule has 0 aliphatic carbocycles. The summed E-state index contributed by atoms with van der Waals surface area (Å²) >= 11 is 0. The SMILES string of the molecule is CCCC(N)(CCC)C(CCC)(CCC)C(CCC)(CCC)CCCN. The molecule has 0 unspecified atom stereocenters. The van der Waals surface area contributed by atoms with E-state index < -0.39 is 0 Å². The molecule has 0 atom stereocenters. The van der Waals surface area contributed by atoms with Crippen LogP contribution in [0.15, 0.2) is 0 Å². The van der Waals surface area contributed by atoms with E-state index in [0.29, 0.717) is 5.41 Å². The van der Waals surface area contributed by atoms with Gasteiger partial charge < -0.3 is 11.5 Å². The zero-order valence-corrected chi connectivity index (χ0v) is 19.3. The van der Waals surface area contributed by atoms with Gasteiger partial charge in [-0.15, -0.1) is 0 Å². The second-order valence-corrected chi connectivity index (χ2v) is 8.91. The molecule has 0 amide bonds. The quantitative estimate of drug-likeness (QED) is 0.285. The van der Waals surface area contributed by atoms with Gasteiger partial charge >= 0.3 is 0 Å². The Morgan fingerprint density at radius 3 is 1.23 bits per heavy atom. The smallest absolute Gasteiger partial charge is 0.0216 e. The third-order valence-electron chi connectivity index (χ3n) is 7.03. The van der Waals surface area contributed by atoms with Crippen molar-refractivity contribution in [3.8, 4) is 0 Å². The van der Waals surface area contributed by atoms with Crippen LogP contribution in [0.4, 0.5) is 0 Å². The molecular weight excluding hydrogens is 316 g/mol. The minimum Gasteiger partial charge on any atom is -0.330 e.